The van der Waals surface area contributed by atoms with Crippen molar-refractivity contribution in [2.24, 2.45) is 0 Å². The Morgan fingerprint density at radius 1 is 0.932 bits per heavy atom. The third-order valence-corrected chi connectivity index (χ3v) is 8.04. The van der Waals surface area contributed by atoms with Gasteiger partial charge in [-0.05, 0) is 59.9 Å². The second kappa shape index (κ2) is 13.0. The minimum absolute atomic E-state index is 0.0632. The van der Waals surface area contributed by atoms with Crippen molar-refractivity contribution in [1.29, 1.82) is 0 Å². The standard InChI is InChI=1S/C36H35N5O3/c1-26-33(38-27(2)44-26)17-18-35(42)40(24-29-13-15-32(16-14-29)41-21-8-20-37-41)34(23-28-9-4-3-5-10-28)36(43)39-22-19-30-11-6-7-12-31(30)25-39/h3-18,20-21,34H,19,22-25H2,1-2H3/t34-/m0/s1. The van der Waals surface area contributed by atoms with Gasteiger partial charge in [0.05, 0.1) is 5.69 Å². The van der Waals surface area contributed by atoms with E-state index in [-0.39, 0.29) is 18.4 Å². The van der Waals surface area contributed by atoms with Crippen LogP contribution < -0.4 is 0 Å². The van der Waals surface area contributed by atoms with Gasteiger partial charge in [-0.25, -0.2) is 9.67 Å². The highest BCUT2D eigenvalue weighted by atomic mass is 16.4. The maximum atomic E-state index is 14.5. The average molecular weight is 586 g/mol. The molecule has 0 saturated heterocycles. The van der Waals surface area contributed by atoms with Crippen LogP contribution in [0.2, 0.25) is 0 Å². The molecule has 8 nitrogen and oxygen atoms in total. The quantitative estimate of drug-likeness (QED) is 0.207. The zero-order chi connectivity index (χ0) is 30.5. The van der Waals surface area contributed by atoms with Gasteiger partial charge in [0.25, 0.3) is 0 Å². The first kappa shape index (κ1) is 28.9. The van der Waals surface area contributed by atoms with Crippen LogP contribution in [0.5, 0.6) is 0 Å². The van der Waals surface area contributed by atoms with Crippen LogP contribution in [0.25, 0.3) is 11.8 Å². The molecule has 0 spiro atoms. The molecule has 6 rings (SSSR count). The van der Waals surface area contributed by atoms with Gasteiger partial charge in [-0.3, -0.25) is 9.59 Å². The van der Waals surface area contributed by atoms with Crippen molar-refractivity contribution in [3.8, 4) is 5.69 Å². The average Bonchev–Trinajstić information content (AvgIpc) is 3.71. The van der Waals surface area contributed by atoms with Gasteiger partial charge >= 0.3 is 0 Å². The second-order valence-corrected chi connectivity index (χ2v) is 11.1. The first-order valence-electron chi connectivity index (χ1n) is 14.9. The van der Waals surface area contributed by atoms with Crippen LogP contribution in [0.4, 0.5) is 0 Å². The van der Waals surface area contributed by atoms with E-state index >= 15 is 0 Å². The molecule has 2 aromatic heterocycles. The van der Waals surface area contributed by atoms with Crippen molar-refractivity contribution in [2.45, 2.75) is 45.8 Å². The summed E-state index contributed by atoms with van der Waals surface area (Å²) < 4.78 is 7.35. The molecular formula is C36H35N5O3. The van der Waals surface area contributed by atoms with Crippen LogP contribution in [0.15, 0.2) is 108 Å². The molecule has 44 heavy (non-hydrogen) atoms. The van der Waals surface area contributed by atoms with Gasteiger partial charge in [0.15, 0.2) is 5.89 Å². The van der Waals surface area contributed by atoms with Crippen molar-refractivity contribution < 1.29 is 14.0 Å². The maximum absolute atomic E-state index is 14.5. The summed E-state index contributed by atoms with van der Waals surface area (Å²) in [7, 11) is 0. The van der Waals surface area contributed by atoms with Crippen LogP contribution in [0.1, 0.15) is 39.6 Å². The molecule has 0 unspecified atom stereocenters. The van der Waals surface area contributed by atoms with Crippen molar-refractivity contribution in [3.63, 3.8) is 0 Å². The first-order valence-corrected chi connectivity index (χ1v) is 14.9. The Labute approximate surface area is 257 Å². The fourth-order valence-electron chi connectivity index (χ4n) is 5.72. The van der Waals surface area contributed by atoms with Crippen LogP contribution in [-0.4, -0.2) is 49.0 Å². The van der Waals surface area contributed by atoms with Gasteiger partial charge in [0.2, 0.25) is 11.8 Å². The van der Waals surface area contributed by atoms with Crippen LogP contribution in [0, 0.1) is 13.8 Å². The number of aromatic nitrogens is 3. The van der Waals surface area contributed by atoms with E-state index in [9.17, 15) is 9.59 Å². The normalized spacial score (nSPS) is 13.5. The summed E-state index contributed by atoms with van der Waals surface area (Å²) >= 11 is 0. The van der Waals surface area contributed by atoms with Crippen molar-refractivity contribution in [2.75, 3.05) is 6.54 Å². The third kappa shape index (κ3) is 6.54. The lowest BCUT2D eigenvalue weighted by Crippen LogP contribution is -2.52. The minimum Gasteiger partial charge on any atom is -0.446 e. The number of rotatable bonds is 9. The molecule has 0 bridgehead atoms. The molecule has 1 atom stereocenters. The predicted molar refractivity (Wildman–Crippen MR) is 169 cm³/mol. The molecule has 3 heterocycles. The Morgan fingerprint density at radius 2 is 1.68 bits per heavy atom. The molecular weight excluding hydrogens is 550 g/mol. The summed E-state index contributed by atoms with van der Waals surface area (Å²) in [5, 5.41) is 4.31. The number of nitrogens with zero attached hydrogens (tertiary/aromatic N) is 5. The van der Waals surface area contributed by atoms with Gasteiger partial charge in [-0.2, -0.15) is 5.10 Å². The van der Waals surface area contributed by atoms with Gasteiger partial charge in [-0.1, -0.05) is 66.7 Å². The van der Waals surface area contributed by atoms with Crippen LogP contribution >= 0.6 is 0 Å². The van der Waals surface area contributed by atoms with Gasteiger partial charge in [0, 0.05) is 51.4 Å². The summed E-state index contributed by atoms with van der Waals surface area (Å²) in [4.78, 5) is 36.5. The lowest BCUT2D eigenvalue weighted by Gasteiger charge is -2.36. The monoisotopic (exact) mass is 585 g/mol. The smallest absolute Gasteiger partial charge is 0.247 e. The number of carbonyl (C=O) groups excluding carboxylic acids is 2. The molecule has 0 aliphatic carbocycles. The lowest BCUT2D eigenvalue weighted by atomic mass is 9.97. The van der Waals surface area contributed by atoms with E-state index in [0.717, 1.165) is 28.8 Å². The number of hydrogen-bond donors (Lipinski definition) is 0. The molecule has 222 valence electrons. The number of fused-ring (bicyclic) bond motifs is 1. The maximum Gasteiger partial charge on any atom is 0.247 e. The molecule has 8 heteroatoms. The SMILES string of the molecule is Cc1nc(C=CC(=O)N(Cc2ccc(-n3cccn3)cc2)[C@@H](Cc2ccccc2)C(=O)N2CCc3ccccc3C2)c(C)o1. The molecule has 1 aliphatic rings. The van der Waals surface area contributed by atoms with Gasteiger partial charge in [0.1, 0.15) is 17.5 Å². The number of aryl methyl sites for hydroxylation is 2. The number of amides is 2. The Bertz CT molecular complexity index is 1760. The van der Waals surface area contributed by atoms with Gasteiger partial charge < -0.3 is 14.2 Å². The lowest BCUT2D eigenvalue weighted by molar-refractivity contribution is -0.144. The molecule has 5 aromatic rings. The number of hydrogen-bond acceptors (Lipinski definition) is 5. The Morgan fingerprint density at radius 3 is 2.39 bits per heavy atom. The van der Waals surface area contributed by atoms with Crippen LogP contribution in [-0.2, 0) is 35.5 Å². The zero-order valence-corrected chi connectivity index (χ0v) is 25.0. The molecule has 0 saturated carbocycles. The summed E-state index contributed by atoms with van der Waals surface area (Å²) in [5.41, 5.74) is 5.82. The highest BCUT2D eigenvalue weighted by Gasteiger charge is 2.34. The molecule has 2 amide bonds. The Hall–Kier alpha value is -5.24. The fourth-order valence-corrected chi connectivity index (χ4v) is 5.72. The molecule has 0 N–H and O–H groups in total. The number of carbonyl (C=O) groups is 2. The van der Waals surface area contributed by atoms with E-state index in [1.54, 1.807) is 28.8 Å². The number of oxazole rings is 1. The van der Waals surface area contributed by atoms with E-state index in [1.807, 2.05) is 90.8 Å². The summed E-state index contributed by atoms with van der Waals surface area (Å²) in [6, 6.07) is 27.2. The topological polar surface area (TPSA) is 84.5 Å². The van der Waals surface area contributed by atoms with Crippen molar-refractivity contribution in [1.82, 2.24) is 24.6 Å². The first-order chi connectivity index (χ1) is 21.4. The second-order valence-electron chi connectivity index (χ2n) is 11.1. The van der Waals surface area contributed by atoms with Crippen molar-refractivity contribution in [3.05, 3.63) is 143 Å². The van der Waals surface area contributed by atoms with E-state index in [1.165, 1.54) is 11.6 Å². The van der Waals surface area contributed by atoms with E-state index in [0.29, 0.717) is 36.9 Å². The summed E-state index contributed by atoms with van der Waals surface area (Å²) in [6.07, 6.45) is 7.97. The molecule has 3 aromatic carbocycles. The number of benzene rings is 3. The highest BCUT2D eigenvalue weighted by Crippen LogP contribution is 2.23. The highest BCUT2D eigenvalue weighted by molar-refractivity contribution is 5.95. The summed E-state index contributed by atoms with van der Waals surface area (Å²) in [5.74, 6) is 0.835. The van der Waals surface area contributed by atoms with E-state index in [2.05, 4.69) is 22.2 Å². The zero-order valence-electron chi connectivity index (χ0n) is 25.0. The Balaban J connectivity index is 1.35. The molecule has 0 fully saturated rings. The molecule has 0 radical (unpaired) electrons. The Kier molecular flexibility index (Phi) is 8.50. The minimum atomic E-state index is -0.717. The molecule has 1 aliphatic heterocycles. The predicted octanol–water partition coefficient (Wildman–Crippen LogP) is 5.72. The van der Waals surface area contributed by atoms with E-state index < -0.39 is 6.04 Å². The van der Waals surface area contributed by atoms with Crippen molar-refractivity contribution >= 4 is 17.9 Å². The summed E-state index contributed by atoms with van der Waals surface area (Å²) in [6.45, 7) is 4.98. The van der Waals surface area contributed by atoms with E-state index in [4.69, 9.17) is 4.42 Å². The largest absolute Gasteiger partial charge is 0.446 e. The van der Waals surface area contributed by atoms with Crippen LogP contribution in [0.3, 0.4) is 0 Å². The third-order valence-electron chi connectivity index (χ3n) is 8.04. The van der Waals surface area contributed by atoms with Gasteiger partial charge in [-0.15, -0.1) is 0 Å². The fraction of sp³-hybridized carbons (Fsp3) is 0.222.